The molecular weight excluding hydrogens is 868 g/mol. The Bertz CT molecular complexity index is 1600. The average molecular weight is 930 g/mol. The molecule has 6 amide bonds. The maximum atomic E-state index is 11.9. The zero-order chi connectivity index (χ0) is 46.6. The normalized spacial score (nSPS) is 18.3. The van der Waals surface area contributed by atoms with Gasteiger partial charge in [-0.1, -0.05) is 27.7 Å². The highest BCUT2D eigenvalue weighted by atomic mass is 35.5. The van der Waals surface area contributed by atoms with Crippen molar-refractivity contribution in [3.63, 3.8) is 0 Å². The number of nitrogens with two attached hydrogens (primary N) is 2. The SMILES string of the molecule is CC(C)(C)OC(=O)NCCN.CC1(C)CC(=O)N(CCN)C1=O.CC1(C)CC(=O)N(CCNC(=O)CSCC(=O)O)C1=O.CC1(C)CC(=O)OC1=O.Cl.O=C1CSCC(=O)O1. The Morgan fingerprint density at radius 2 is 1.21 bits per heavy atom. The number of carboxylic acid groups (broad SMARTS) is 1. The first-order chi connectivity index (χ1) is 27.5. The summed E-state index contributed by atoms with van der Waals surface area (Å²) in [6, 6.07) is 0. The largest absolute Gasteiger partial charge is 0.481 e. The first-order valence-corrected chi connectivity index (χ1v) is 21.0. The van der Waals surface area contributed by atoms with Crippen molar-refractivity contribution in [2.75, 3.05) is 62.3 Å². The average Bonchev–Trinajstić information content (AvgIpc) is 3.55. The molecule has 0 spiro atoms. The standard InChI is InChI=1S/C12H18N2O5S.C8H14N2O2.C7H16N2O2.C6H8O3.C4H4O3S.ClH/c1-12(2)5-9(16)14(11(12)19)4-3-13-8(15)6-20-7-10(17)18;1-8(2)5-6(11)10(4-3-9)7(8)12;1-7(2,3)11-6(10)9-5-4-8;1-6(2)3-4(7)9-5(6)8;5-3-1-8-2-4(6)7-3;/h3-7H2,1-2H3,(H,13,15)(H,17,18);3-5,9H2,1-2H3;4-5,8H2,1-3H3,(H,9,10);3H2,1-2H3;1-2H2;1H. The summed E-state index contributed by atoms with van der Waals surface area (Å²) in [5.74, 6) is -3.08. The summed E-state index contributed by atoms with van der Waals surface area (Å²) in [6.45, 7) is 17.7. The van der Waals surface area contributed by atoms with Crippen molar-refractivity contribution in [2.24, 2.45) is 27.7 Å². The molecule has 0 saturated carbocycles. The second-order valence-electron chi connectivity index (χ2n) is 16.2. The van der Waals surface area contributed by atoms with Gasteiger partial charge in [-0.05, 0) is 34.6 Å². The molecule has 0 aromatic carbocycles. The molecule has 4 aliphatic heterocycles. The van der Waals surface area contributed by atoms with Crippen molar-refractivity contribution < 1.29 is 72.1 Å². The summed E-state index contributed by atoms with van der Waals surface area (Å²) in [5.41, 5.74) is 8.24. The number of nitrogens with zero attached hydrogens (tertiary/aromatic N) is 2. The van der Waals surface area contributed by atoms with Gasteiger partial charge in [0.15, 0.2) is 0 Å². The molecule has 0 aromatic heterocycles. The molecule has 0 aromatic rings. The van der Waals surface area contributed by atoms with Crippen LogP contribution in [0, 0.1) is 16.2 Å². The molecule has 4 rings (SSSR count). The first-order valence-electron chi connectivity index (χ1n) is 18.7. The summed E-state index contributed by atoms with van der Waals surface area (Å²) in [5, 5.41) is 13.5. The Kier molecular flexibility index (Phi) is 25.9. The van der Waals surface area contributed by atoms with Crippen LogP contribution in [0.3, 0.4) is 0 Å². The molecule has 4 heterocycles. The van der Waals surface area contributed by atoms with Gasteiger partial charge in [-0.25, -0.2) is 4.79 Å². The van der Waals surface area contributed by atoms with Crippen LogP contribution in [0.15, 0.2) is 0 Å². The van der Waals surface area contributed by atoms with E-state index < -0.39 is 57.8 Å². The Morgan fingerprint density at radius 1 is 0.721 bits per heavy atom. The van der Waals surface area contributed by atoms with E-state index in [1.165, 1.54) is 16.7 Å². The van der Waals surface area contributed by atoms with Gasteiger partial charge in [-0.2, -0.15) is 0 Å². The van der Waals surface area contributed by atoms with E-state index in [1.807, 2.05) is 20.8 Å². The number of cyclic esters (lactones) is 4. The van der Waals surface area contributed by atoms with Gasteiger partial charge < -0.3 is 41.4 Å². The fraction of sp³-hybridized carbons (Fsp3) is 0.703. The number of carboxylic acids is 1. The van der Waals surface area contributed by atoms with Crippen LogP contribution in [0.5, 0.6) is 0 Å². The fourth-order valence-corrected chi connectivity index (χ4v) is 5.95. The van der Waals surface area contributed by atoms with Gasteiger partial charge in [-0.3, -0.25) is 57.7 Å². The molecule has 0 unspecified atom stereocenters. The molecule has 7 N–H and O–H groups in total. The van der Waals surface area contributed by atoms with E-state index in [4.69, 9.17) is 21.3 Å². The summed E-state index contributed by atoms with van der Waals surface area (Å²) in [7, 11) is 0. The molecule has 4 aliphatic rings. The van der Waals surface area contributed by atoms with Crippen LogP contribution < -0.4 is 22.1 Å². The van der Waals surface area contributed by atoms with Gasteiger partial charge in [0, 0.05) is 52.1 Å². The number of hydrogen-bond donors (Lipinski definition) is 5. The highest BCUT2D eigenvalue weighted by Crippen LogP contribution is 2.32. The van der Waals surface area contributed by atoms with Gasteiger partial charge in [0.2, 0.25) is 29.5 Å². The van der Waals surface area contributed by atoms with E-state index in [9.17, 15) is 52.7 Å². The van der Waals surface area contributed by atoms with Gasteiger partial charge in [0.05, 0.1) is 45.7 Å². The van der Waals surface area contributed by atoms with Gasteiger partial charge in [0.1, 0.15) is 5.60 Å². The molecule has 21 nitrogen and oxygen atoms in total. The number of halogens is 1. The number of nitrogens with one attached hydrogen (secondary N) is 2. The van der Waals surface area contributed by atoms with Crippen LogP contribution in [-0.4, -0.2) is 148 Å². The number of imide groups is 2. The van der Waals surface area contributed by atoms with Crippen LogP contribution in [-0.2, 0) is 62.2 Å². The molecule has 61 heavy (non-hydrogen) atoms. The van der Waals surface area contributed by atoms with Crippen LogP contribution in [0.2, 0.25) is 0 Å². The second-order valence-corrected chi connectivity index (χ2v) is 18.2. The molecule has 4 saturated heterocycles. The van der Waals surface area contributed by atoms with Crippen LogP contribution in [0.25, 0.3) is 0 Å². The number of carbonyl (C=O) groups is 11. The molecule has 4 fully saturated rings. The molecular formula is C37H61ClN6O15S2. The monoisotopic (exact) mass is 928 g/mol. The lowest BCUT2D eigenvalue weighted by atomic mass is 9.92. The minimum Gasteiger partial charge on any atom is -0.481 e. The lowest BCUT2D eigenvalue weighted by Gasteiger charge is -2.19. The number of esters is 4. The summed E-state index contributed by atoms with van der Waals surface area (Å²) >= 11 is 2.28. The van der Waals surface area contributed by atoms with Crippen molar-refractivity contribution in [3.8, 4) is 0 Å². The Balaban J connectivity index is 0. The number of alkyl carbamates (subject to hydrolysis) is 1. The highest BCUT2D eigenvalue weighted by molar-refractivity contribution is 8.00. The third-order valence-electron chi connectivity index (χ3n) is 7.73. The number of aliphatic carboxylic acids is 1. The van der Waals surface area contributed by atoms with E-state index in [-0.39, 0.29) is 79.4 Å². The minimum absolute atomic E-state index is 0. The van der Waals surface area contributed by atoms with E-state index in [0.29, 0.717) is 44.1 Å². The Labute approximate surface area is 369 Å². The lowest BCUT2D eigenvalue weighted by molar-refractivity contribution is -0.157. The molecule has 24 heteroatoms. The maximum Gasteiger partial charge on any atom is 0.407 e. The van der Waals surface area contributed by atoms with Crippen LogP contribution >= 0.6 is 35.9 Å². The summed E-state index contributed by atoms with van der Waals surface area (Å²) < 4.78 is 13.4. The second kappa shape index (κ2) is 26.9. The van der Waals surface area contributed by atoms with Crippen LogP contribution in [0.4, 0.5) is 4.79 Å². The molecule has 0 bridgehead atoms. The molecule has 0 radical (unpaired) electrons. The number of thioether (sulfide) groups is 2. The quantitative estimate of drug-likeness (QED) is 0.0820. The summed E-state index contributed by atoms with van der Waals surface area (Å²) in [6.07, 6.45) is 0.300. The maximum absolute atomic E-state index is 11.9. The highest BCUT2D eigenvalue weighted by Gasteiger charge is 2.45. The van der Waals surface area contributed by atoms with Crippen molar-refractivity contribution in [3.05, 3.63) is 0 Å². The number of likely N-dealkylation sites (tertiary alicyclic amines) is 2. The van der Waals surface area contributed by atoms with E-state index in [1.54, 1.807) is 41.5 Å². The summed E-state index contributed by atoms with van der Waals surface area (Å²) in [4.78, 5) is 123. The lowest BCUT2D eigenvalue weighted by Crippen LogP contribution is -2.40. The number of amides is 6. The number of rotatable bonds is 11. The van der Waals surface area contributed by atoms with Gasteiger partial charge in [-0.15, -0.1) is 35.9 Å². The predicted octanol–water partition coefficient (Wildman–Crippen LogP) is 0.616. The Hall–Kier alpha value is -4.32. The minimum atomic E-state index is -0.974. The Morgan fingerprint density at radius 3 is 1.52 bits per heavy atom. The van der Waals surface area contributed by atoms with Gasteiger partial charge in [0.25, 0.3) is 0 Å². The van der Waals surface area contributed by atoms with Crippen molar-refractivity contribution in [1.82, 2.24) is 20.4 Å². The van der Waals surface area contributed by atoms with E-state index in [2.05, 4.69) is 20.1 Å². The number of ether oxygens (including phenoxy) is 3. The zero-order valence-corrected chi connectivity index (χ0v) is 38.6. The van der Waals surface area contributed by atoms with Crippen molar-refractivity contribution >= 4 is 101 Å². The molecule has 0 atom stereocenters. The smallest absolute Gasteiger partial charge is 0.407 e. The first kappa shape index (κ1) is 58.8. The third-order valence-corrected chi connectivity index (χ3v) is 9.53. The van der Waals surface area contributed by atoms with Gasteiger partial charge >= 0.3 is 35.9 Å². The molecule has 0 aliphatic carbocycles. The fourth-order valence-electron chi connectivity index (χ4n) is 4.83. The predicted molar refractivity (Wildman–Crippen MR) is 226 cm³/mol. The van der Waals surface area contributed by atoms with E-state index in [0.717, 1.165) is 16.7 Å². The zero-order valence-electron chi connectivity index (χ0n) is 36.1. The van der Waals surface area contributed by atoms with Crippen molar-refractivity contribution in [2.45, 2.75) is 87.2 Å². The molecule has 348 valence electrons. The van der Waals surface area contributed by atoms with E-state index >= 15 is 0 Å². The number of hydrogen-bond acceptors (Lipinski definition) is 18. The van der Waals surface area contributed by atoms with Crippen molar-refractivity contribution in [1.29, 1.82) is 0 Å². The topological polar surface area (TPSA) is 318 Å². The number of carbonyl (C=O) groups excluding carboxylic acids is 10. The van der Waals surface area contributed by atoms with Crippen LogP contribution in [0.1, 0.15) is 81.6 Å². The third kappa shape index (κ3) is 23.5.